The summed E-state index contributed by atoms with van der Waals surface area (Å²) in [6.07, 6.45) is 10.1. The second-order valence-corrected chi connectivity index (χ2v) is 4.94. The van der Waals surface area contributed by atoms with Gasteiger partial charge in [0.2, 0.25) is 0 Å². The van der Waals surface area contributed by atoms with Gasteiger partial charge in [-0.05, 0) is 30.5 Å². The maximum Gasteiger partial charge on any atom is 0.0544 e. The lowest BCUT2D eigenvalue weighted by atomic mass is 9.90. The maximum atomic E-state index is 3.99. The highest BCUT2D eigenvalue weighted by molar-refractivity contribution is 5.11. The van der Waals surface area contributed by atoms with Gasteiger partial charge < -0.3 is 5.32 Å². The first-order valence-corrected chi connectivity index (χ1v) is 7.31. The summed E-state index contributed by atoms with van der Waals surface area (Å²) in [5, 5.41) is 11.4. The van der Waals surface area contributed by atoms with E-state index in [9.17, 15) is 0 Å². The summed E-state index contributed by atoms with van der Waals surface area (Å²) in [6.45, 7) is 7.72. The number of hydrogen-bond acceptors (Lipinski definition) is 3. The van der Waals surface area contributed by atoms with Crippen LogP contribution < -0.4 is 5.32 Å². The second-order valence-electron chi connectivity index (χ2n) is 4.94. The zero-order valence-electron chi connectivity index (χ0n) is 12.0. The molecule has 3 nitrogen and oxygen atoms in total. The Kier molecular flexibility index (Phi) is 7.58. The lowest BCUT2D eigenvalue weighted by Crippen LogP contribution is -2.23. The Balaban J connectivity index is 2.61. The van der Waals surface area contributed by atoms with Crippen molar-refractivity contribution in [3.8, 4) is 0 Å². The predicted octanol–water partition coefficient (Wildman–Crippen LogP) is 3.73. The van der Waals surface area contributed by atoms with Crippen LogP contribution in [0.1, 0.15) is 64.5 Å². The van der Waals surface area contributed by atoms with Crippen LogP contribution in [0.3, 0.4) is 0 Å². The van der Waals surface area contributed by atoms with Crippen molar-refractivity contribution < 1.29 is 0 Å². The highest BCUT2D eigenvalue weighted by Gasteiger charge is 2.16. The fraction of sp³-hybridized carbons (Fsp3) is 0.733. The molecule has 0 aliphatic carbocycles. The molecule has 0 spiro atoms. The molecule has 102 valence electrons. The lowest BCUT2D eigenvalue weighted by Gasteiger charge is -2.23. The molecule has 2 unspecified atom stereocenters. The Morgan fingerprint density at radius 2 is 2.06 bits per heavy atom. The normalized spacial score (nSPS) is 14.4. The summed E-state index contributed by atoms with van der Waals surface area (Å²) in [4.78, 5) is 0. The van der Waals surface area contributed by atoms with Gasteiger partial charge in [-0.25, -0.2) is 0 Å². The van der Waals surface area contributed by atoms with E-state index in [1.54, 1.807) is 6.20 Å². The first-order valence-electron chi connectivity index (χ1n) is 7.31. The number of aromatic nitrogens is 2. The minimum atomic E-state index is 0.423. The monoisotopic (exact) mass is 249 g/mol. The Morgan fingerprint density at radius 3 is 2.61 bits per heavy atom. The van der Waals surface area contributed by atoms with Gasteiger partial charge in [0, 0.05) is 12.2 Å². The van der Waals surface area contributed by atoms with Crippen LogP contribution >= 0.6 is 0 Å². The number of nitrogens with zero attached hydrogens (tertiary/aromatic N) is 2. The SMILES string of the molecule is CCCCC(CC)CC(NCC)c1ccnnc1. The Labute approximate surface area is 111 Å². The Hall–Kier alpha value is -0.960. The van der Waals surface area contributed by atoms with Crippen LogP contribution in [0.2, 0.25) is 0 Å². The van der Waals surface area contributed by atoms with Gasteiger partial charge in [0.15, 0.2) is 0 Å². The largest absolute Gasteiger partial charge is 0.310 e. The summed E-state index contributed by atoms with van der Waals surface area (Å²) >= 11 is 0. The number of unbranched alkanes of at least 4 members (excludes halogenated alkanes) is 1. The van der Waals surface area contributed by atoms with Crippen LogP contribution in [0.25, 0.3) is 0 Å². The molecule has 1 rings (SSSR count). The Bertz CT molecular complexity index is 300. The number of nitrogens with one attached hydrogen (secondary N) is 1. The van der Waals surface area contributed by atoms with Crippen molar-refractivity contribution in [1.82, 2.24) is 15.5 Å². The van der Waals surface area contributed by atoms with Crippen molar-refractivity contribution in [1.29, 1.82) is 0 Å². The second kappa shape index (κ2) is 9.03. The van der Waals surface area contributed by atoms with E-state index >= 15 is 0 Å². The fourth-order valence-corrected chi connectivity index (χ4v) is 2.41. The topological polar surface area (TPSA) is 37.8 Å². The first kappa shape index (κ1) is 15.1. The third-order valence-electron chi connectivity index (χ3n) is 3.57. The molecular weight excluding hydrogens is 222 g/mol. The van der Waals surface area contributed by atoms with Crippen molar-refractivity contribution in [2.45, 2.75) is 58.9 Å². The van der Waals surface area contributed by atoms with E-state index < -0.39 is 0 Å². The fourth-order valence-electron chi connectivity index (χ4n) is 2.41. The standard InChI is InChI=1S/C15H27N3/c1-4-7-8-13(5-2)11-15(16-6-3)14-9-10-17-18-12-14/h9-10,12-13,15-16H,4-8,11H2,1-3H3. The average molecular weight is 249 g/mol. The van der Waals surface area contributed by atoms with Crippen LogP contribution in [0, 0.1) is 5.92 Å². The number of hydrogen-bond donors (Lipinski definition) is 1. The van der Waals surface area contributed by atoms with Crippen LogP contribution in [-0.2, 0) is 0 Å². The molecule has 0 amide bonds. The summed E-state index contributed by atoms with van der Waals surface area (Å²) in [7, 11) is 0. The van der Waals surface area contributed by atoms with Gasteiger partial charge in [-0.1, -0.05) is 46.5 Å². The van der Waals surface area contributed by atoms with E-state index in [-0.39, 0.29) is 0 Å². The maximum absolute atomic E-state index is 3.99. The molecule has 2 atom stereocenters. The van der Waals surface area contributed by atoms with Gasteiger partial charge >= 0.3 is 0 Å². The Morgan fingerprint density at radius 1 is 1.22 bits per heavy atom. The van der Waals surface area contributed by atoms with E-state index in [1.165, 1.54) is 37.7 Å². The van der Waals surface area contributed by atoms with Crippen LogP contribution in [0.15, 0.2) is 18.5 Å². The highest BCUT2D eigenvalue weighted by Crippen LogP contribution is 2.26. The molecule has 1 N–H and O–H groups in total. The minimum Gasteiger partial charge on any atom is -0.310 e. The number of rotatable bonds is 9. The third-order valence-corrected chi connectivity index (χ3v) is 3.57. The highest BCUT2D eigenvalue weighted by atomic mass is 15.1. The molecule has 0 bridgehead atoms. The van der Waals surface area contributed by atoms with Crippen molar-refractivity contribution in [2.75, 3.05) is 6.54 Å². The van der Waals surface area contributed by atoms with E-state index in [0.717, 1.165) is 12.5 Å². The summed E-state index contributed by atoms with van der Waals surface area (Å²) in [6, 6.07) is 2.50. The van der Waals surface area contributed by atoms with Crippen LogP contribution in [-0.4, -0.2) is 16.7 Å². The molecule has 0 radical (unpaired) electrons. The summed E-state index contributed by atoms with van der Waals surface area (Å²) in [5.74, 6) is 0.808. The van der Waals surface area contributed by atoms with E-state index in [2.05, 4.69) is 42.4 Å². The van der Waals surface area contributed by atoms with E-state index in [0.29, 0.717) is 6.04 Å². The average Bonchev–Trinajstić information content (AvgIpc) is 2.43. The van der Waals surface area contributed by atoms with Crippen molar-refractivity contribution in [2.24, 2.45) is 5.92 Å². The first-order chi connectivity index (χ1) is 8.81. The lowest BCUT2D eigenvalue weighted by molar-refractivity contribution is 0.356. The van der Waals surface area contributed by atoms with Crippen LogP contribution in [0.5, 0.6) is 0 Å². The van der Waals surface area contributed by atoms with Crippen molar-refractivity contribution >= 4 is 0 Å². The molecule has 0 aliphatic rings. The molecule has 1 aromatic heterocycles. The molecule has 0 aromatic carbocycles. The molecule has 1 heterocycles. The molecule has 18 heavy (non-hydrogen) atoms. The van der Waals surface area contributed by atoms with Crippen LogP contribution in [0.4, 0.5) is 0 Å². The molecule has 0 saturated carbocycles. The van der Waals surface area contributed by atoms with Gasteiger partial charge in [-0.3, -0.25) is 0 Å². The molecule has 0 aliphatic heterocycles. The van der Waals surface area contributed by atoms with Gasteiger partial charge in [0.1, 0.15) is 0 Å². The quantitative estimate of drug-likeness (QED) is 0.724. The molecule has 0 saturated heterocycles. The molecule has 0 fully saturated rings. The van der Waals surface area contributed by atoms with Crippen molar-refractivity contribution in [3.63, 3.8) is 0 Å². The smallest absolute Gasteiger partial charge is 0.0544 e. The van der Waals surface area contributed by atoms with Crippen molar-refractivity contribution in [3.05, 3.63) is 24.0 Å². The predicted molar refractivity (Wildman–Crippen MR) is 76.4 cm³/mol. The van der Waals surface area contributed by atoms with Gasteiger partial charge in [-0.2, -0.15) is 10.2 Å². The minimum absolute atomic E-state index is 0.423. The molecule has 1 aromatic rings. The molecular formula is C15H27N3. The van der Waals surface area contributed by atoms with E-state index in [1.807, 2.05) is 6.20 Å². The zero-order chi connectivity index (χ0) is 13.2. The molecule has 3 heteroatoms. The zero-order valence-corrected chi connectivity index (χ0v) is 12.0. The summed E-state index contributed by atoms with van der Waals surface area (Å²) < 4.78 is 0. The van der Waals surface area contributed by atoms with Gasteiger partial charge in [-0.15, -0.1) is 0 Å². The third kappa shape index (κ3) is 5.13. The van der Waals surface area contributed by atoms with Gasteiger partial charge in [0.25, 0.3) is 0 Å². The van der Waals surface area contributed by atoms with E-state index in [4.69, 9.17) is 0 Å². The summed E-state index contributed by atoms with van der Waals surface area (Å²) in [5.41, 5.74) is 1.27. The van der Waals surface area contributed by atoms with Gasteiger partial charge in [0.05, 0.1) is 6.20 Å².